The van der Waals surface area contributed by atoms with Crippen LogP contribution >= 0.6 is 0 Å². The predicted molar refractivity (Wildman–Crippen MR) is 127 cm³/mol. The highest BCUT2D eigenvalue weighted by molar-refractivity contribution is 6.09. The largest absolute Gasteiger partial charge is 0.344 e. The molecule has 0 aliphatic rings. The smallest absolute Gasteiger partial charge is 0.00266 e. The fourth-order valence-corrected chi connectivity index (χ4v) is 4.02. The fourth-order valence-electron chi connectivity index (χ4n) is 4.02. The van der Waals surface area contributed by atoms with Gasteiger partial charge in [-0.2, -0.15) is 0 Å². The lowest BCUT2D eigenvalue weighted by molar-refractivity contribution is 1.46. The molecular weight excluding hydrogens is 350 g/mol. The summed E-state index contributed by atoms with van der Waals surface area (Å²) in [6.07, 6.45) is 0. The van der Waals surface area contributed by atoms with E-state index in [-0.39, 0.29) is 6.15 Å². The highest BCUT2D eigenvalue weighted by Gasteiger charge is 2.13. The van der Waals surface area contributed by atoms with Crippen LogP contribution in [0.4, 0.5) is 0 Å². The van der Waals surface area contributed by atoms with Crippen molar-refractivity contribution >= 4 is 21.5 Å². The predicted octanol–water partition coefficient (Wildman–Crippen LogP) is 8.11. The molecule has 29 heavy (non-hydrogen) atoms. The van der Waals surface area contributed by atoms with Crippen LogP contribution in [0.25, 0.3) is 43.8 Å². The van der Waals surface area contributed by atoms with Gasteiger partial charge in [0.25, 0.3) is 0 Å². The van der Waals surface area contributed by atoms with Crippen molar-refractivity contribution in [1.29, 1.82) is 0 Å². The Balaban J connectivity index is 0.00000205. The summed E-state index contributed by atoms with van der Waals surface area (Å²) in [4.78, 5) is 0. The first-order chi connectivity index (χ1) is 13.7. The van der Waals surface area contributed by atoms with Crippen LogP contribution in [0.15, 0.2) is 97.1 Å². The third-order valence-electron chi connectivity index (χ3n) is 5.59. The number of hydrogen-bond acceptors (Lipinski definition) is 1. The van der Waals surface area contributed by atoms with Crippen molar-refractivity contribution in [3.63, 3.8) is 0 Å². The summed E-state index contributed by atoms with van der Waals surface area (Å²) in [7, 11) is 0. The summed E-state index contributed by atoms with van der Waals surface area (Å²) in [5.41, 5.74) is 7.69. The number of rotatable bonds is 2. The van der Waals surface area contributed by atoms with Crippen LogP contribution in [-0.2, 0) is 0 Å². The van der Waals surface area contributed by atoms with Crippen molar-refractivity contribution in [2.45, 2.75) is 13.8 Å². The molecule has 0 radical (unpaired) electrons. The molecule has 1 heteroatoms. The summed E-state index contributed by atoms with van der Waals surface area (Å²) >= 11 is 0. The standard InChI is InChI=1S/C28H22.H3N/c1-19-7-11-21(12-8-19)26-16-15-25-17-23-5-3-4-6-24(23)18-27(25)28(26)22-13-9-20(2)10-14-22;/h3-18H,1-2H3;1H3. The number of benzene rings is 5. The molecule has 142 valence electrons. The Bertz CT molecular complexity index is 1300. The third-order valence-corrected chi connectivity index (χ3v) is 5.59. The summed E-state index contributed by atoms with van der Waals surface area (Å²) in [6, 6.07) is 35.5. The van der Waals surface area contributed by atoms with Crippen LogP contribution < -0.4 is 6.15 Å². The van der Waals surface area contributed by atoms with Gasteiger partial charge in [0.15, 0.2) is 0 Å². The van der Waals surface area contributed by atoms with Crippen LogP contribution in [0.2, 0.25) is 0 Å². The molecule has 0 saturated heterocycles. The Kier molecular flexibility index (Phi) is 4.92. The van der Waals surface area contributed by atoms with E-state index in [0.29, 0.717) is 0 Å². The number of hydrogen-bond donors (Lipinski definition) is 1. The SMILES string of the molecule is Cc1ccc(-c2ccc3cc4ccccc4cc3c2-c2ccc(C)cc2)cc1.N. The minimum Gasteiger partial charge on any atom is -0.344 e. The lowest BCUT2D eigenvalue weighted by atomic mass is 9.88. The lowest BCUT2D eigenvalue weighted by Gasteiger charge is -2.15. The van der Waals surface area contributed by atoms with Gasteiger partial charge in [0.05, 0.1) is 0 Å². The van der Waals surface area contributed by atoms with Gasteiger partial charge in [0.2, 0.25) is 0 Å². The molecule has 0 aliphatic carbocycles. The lowest BCUT2D eigenvalue weighted by Crippen LogP contribution is -1.89. The molecule has 0 aliphatic heterocycles. The Morgan fingerprint density at radius 2 is 1.03 bits per heavy atom. The Labute approximate surface area is 172 Å². The first-order valence-electron chi connectivity index (χ1n) is 9.79. The number of aryl methyl sites for hydroxylation is 2. The van der Waals surface area contributed by atoms with Crippen LogP contribution in [0.1, 0.15) is 11.1 Å². The quantitative estimate of drug-likeness (QED) is 0.311. The summed E-state index contributed by atoms with van der Waals surface area (Å²) < 4.78 is 0. The topological polar surface area (TPSA) is 35.0 Å². The molecule has 0 saturated carbocycles. The van der Waals surface area contributed by atoms with Gasteiger partial charge in [-0.1, -0.05) is 96.1 Å². The van der Waals surface area contributed by atoms with Crippen LogP contribution in [0.5, 0.6) is 0 Å². The van der Waals surface area contributed by atoms with Gasteiger partial charge in [0.1, 0.15) is 0 Å². The number of fused-ring (bicyclic) bond motifs is 2. The molecule has 5 rings (SSSR count). The minimum absolute atomic E-state index is 0. The highest BCUT2D eigenvalue weighted by atomic mass is 14.2. The average molecular weight is 376 g/mol. The van der Waals surface area contributed by atoms with E-state index in [0.717, 1.165) is 0 Å². The summed E-state index contributed by atoms with van der Waals surface area (Å²) in [5.74, 6) is 0. The van der Waals surface area contributed by atoms with Crippen molar-refractivity contribution in [3.8, 4) is 22.3 Å². The first kappa shape index (κ1) is 18.9. The van der Waals surface area contributed by atoms with E-state index < -0.39 is 0 Å². The second kappa shape index (κ2) is 7.54. The van der Waals surface area contributed by atoms with Crippen LogP contribution in [0, 0.1) is 13.8 Å². The van der Waals surface area contributed by atoms with Crippen molar-refractivity contribution in [2.24, 2.45) is 0 Å². The summed E-state index contributed by atoms with van der Waals surface area (Å²) in [6.45, 7) is 4.28. The van der Waals surface area contributed by atoms with E-state index in [9.17, 15) is 0 Å². The molecule has 1 nitrogen and oxygen atoms in total. The maximum atomic E-state index is 2.34. The molecule has 5 aromatic carbocycles. The molecule has 0 aromatic heterocycles. The Hall–Kier alpha value is -3.42. The molecule has 3 N–H and O–H groups in total. The molecule has 0 atom stereocenters. The van der Waals surface area contributed by atoms with Crippen LogP contribution in [-0.4, -0.2) is 0 Å². The average Bonchev–Trinajstić information content (AvgIpc) is 2.73. The molecule has 0 unspecified atom stereocenters. The maximum absolute atomic E-state index is 2.34. The fraction of sp³-hybridized carbons (Fsp3) is 0.0714. The Morgan fingerprint density at radius 1 is 0.483 bits per heavy atom. The van der Waals surface area contributed by atoms with Gasteiger partial charge in [-0.05, 0) is 69.8 Å². The monoisotopic (exact) mass is 375 g/mol. The molecule has 0 spiro atoms. The second-order valence-corrected chi connectivity index (χ2v) is 7.64. The van der Waals surface area contributed by atoms with E-state index in [2.05, 4.69) is 111 Å². The molecule has 0 heterocycles. The minimum atomic E-state index is 0. The normalized spacial score (nSPS) is 10.8. The molecule has 0 amide bonds. The van der Waals surface area contributed by atoms with Gasteiger partial charge in [-0.15, -0.1) is 0 Å². The zero-order valence-electron chi connectivity index (χ0n) is 16.9. The summed E-state index contributed by atoms with van der Waals surface area (Å²) in [5, 5.41) is 5.16. The van der Waals surface area contributed by atoms with Gasteiger partial charge < -0.3 is 6.15 Å². The molecule has 5 aromatic rings. The van der Waals surface area contributed by atoms with Gasteiger partial charge in [-0.3, -0.25) is 0 Å². The maximum Gasteiger partial charge on any atom is -0.00266 e. The molecule has 0 bridgehead atoms. The van der Waals surface area contributed by atoms with Crippen molar-refractivity contribution < 1.29 is 0 Å². The van der Waals surface area contributed by atoms with E-state index in [4.69, 9.17) is 0 Å². The van der Waals surface area contributed by atoms with Gasteiger partial charge >= 0.3 is 0 Å². The van der Waals surface area contributed by atoms with Crippen molar-refractivity contribution in [1.82, 2.24) is 6.15 Å². The van der Waals surface area contributed by atoms with Gasteiger partial charge in [0, 0.05) is 0 Å². The van der Waals surface area contributed by atoms with E-state index in [1.54, 1.807) is 0 Å². The van der Waals surface area contributed by atoms with E-state index in [1.807, 2.05) is 0 Å². The second-order valence-electron chi connectivity index (χ2n) is 7.64. The highest BCUT2D eigenvalue weighted by Crippen LogP contribution is 2.39. The third kappa shape index (κ3) is 3.41. The molecular formula is C28H25N. The first-order valence-corrected chi connectivity index (χ1v) is 9.79. The molecule has 0 fully saturated rings. The van der Waals surface area contributed by atoms with Crippen LogP contribution in [0.3, 0.4) is 0 Å². The zero-order valence-corrected chi connectivity index (χ0v) is 16.9. The van der Waals surface area contributed by atoms with E-state index >= 15 is 0 Å². The van der Waals surface area contributed by atoms with Gasteiger partial charge in [-0.25, -0.2) is 0 Å². The Morgan fingerprint density at radius 3 is 1.66 bits per heavy atom. The zero-order chi connectivity index (χ0) is 19.1. The van der Waals surface area contributed by atoms with Crippen molar-refractivity contribution in [3.05, 3.63) is 108 Å². The van der Waals surface area contributed by atoms with Crippen molar-refractivity contribution in [2.75, 3.05) is 0 Å². The van der Waals surface area contributed by atoms with E-state index in [1.165, 1.54) is 54.9 Å².